The molecule has 4 nitrogen and oxygen atoms in total. The number of rotatable bonds is 9. The van der Waals surface area contributed by atoms with Crippen molar-refractivity contribution in [1.29, 1.82) is 0 Å². The van der Waals surface area contributed by atoms with Gasteiger partial charge >= 0.3 is 0 Å². The van der Waals surface area contributed by atoms with Crippen LogP contribution in [0.25, 0.3) is 0 Å². The molecule has 0 saturated carbocycles. The molecule has 144 valence electrons. The van der Waals surface area contributed by atoms with Crippen molar-refractivity contribution in [2.24, 2.45) is 0 Å². The zero-order valence-electron chi connectivity index (χ0n) is 15.5. The molecule has 2 N–H and O–H groups in total. The van der Waals surface area contributed by atoms with Crippen LogP contribution >= 0.6 is 11.6 Å². The highest BCUT2D eigenvalue weighted by Gasteiger charge is 2.03. The van der Waals surface area contributed by atoms with Gasteiger partial charge in [-0.15, -0.1) is 0 Å². The van der Waals surface area contributed by atoms with Crippen LogP contribution in [0.2, 0.25) is 5.02 Å². The first kappa shape index (κ1) is 19.8. The second-order valence-electron chi connectivity index (χ2n) is 6.37. The lowest BCUT2D eigenvalue weighted by atomic mass is 10.1. The van der Waals surface area contributed by atoms with Gasteiger partial charge < -0.3 is 15.4 Å². The first-order valence-electron chi connectivity index (χ1n) is 9.25. The number of hydrogen-bond donors (Lipinski definition) is 2. The Morgan fingerprint density at radius 3 is 2.25 bits per heavy atom. The van der Waals surface area contributed by atoms with E-state index in [1.165, 1.54) is 5.56 Å². The Labute approximate surface area is 170 Å². The maximum Gasteiger partial charge on any atom is 0.243 e. The number of amides is 1. The normalized spacial score (nSPS) is 10.3. The molecule has 0 radical (unpaired) electrons. The van der Waals surface area contributed by atoms with Crippen LogP contribution in [0.4, 0.5) is 11.4 Å². The molecule has 0 bridgehead atoms. The summed E-state index contributed by atoms with van der Waals surface area (Å²) >= 11 is 5.83. The summed E-state index contributed by atoms with van der Waals surface area (Å²) in [4.78, 5) is 12.0. The number of hydrogen-bond acceptors (Lipinski definition) is 3. The highest BCUT2D eigenvalue weighted by Crippen LogP contribution is 2.17. The Hall–Kier alpha value is -2.98. The van der Waals surface area contributed by atoms with Crippen molar-refractivity contribution in [3.8, 4) is 5.75 Å². The van der Waals surface area contributed by atoms with Gasteiger partial charge in [-0.05, 0) is 66.9 Å². The fourth-order valence-corrected chi connectivity index (χ4v) is 2.83. The molecule has 0 unspecified atom stereocenters. The number of benzene rings is 3. The predicted octanol–water partition coefficient (Wildman–Crippen LogP) is 5.40. The summed E-state index contributed by atoms with van der Waals surface area (Å²) in [6.45, 7) is 0.852. The number of carbonyl (C=O) groups excluding carboxylic acids is 1. The van der Waals surface area contributed by atoms with Gasteiger partial charge in [-0.2, -0.15) is 0 Å². The van der Waals surface area contributed by atoms with Crippen LogP contribution in [-0.4, -0.2) is 19.1 Å². The molecule has 28 heavy (non-hydrogen) atoms. The van der Waals surface area contributed by atoms with E-state index < -0.39 is 0 Å². The topological polar surface area (TPSA) is 50.4 Å². The van der Waals surface area contributed by atoms with Crippen molar-refractivity contribution in [3.63, 3.8) is 0 Å². The minimum absolute atomic E-state index is 0.122. The SMILES string of the molecule is O=C(CNc1ccc(OCCCc2ccccc2)cc1)Nc1ccc(Cl)cc1. The van der Waals surface area contributed by atoms with Crippen LogP contribution in [0.15, 0.2) is 78.9 Å². The number of carbonyl (C=O) groups is 1. The van der Waals surface area contributed by atoms with Crippen molar-refractivity contribution in [2.75, 3.05) is 23.8 Å². The molecule has 1 amide bonds. The van der Waals surface area contributed by atoms with E-state index in [0.29, 0.717) is 11.6 Å². The molecular weight excluding hydrogens is 372 g/mol. The molecule has 3 rings (SSSR count). The van der Waals surface area contributed by atoms with E-state index in [1.54, 1.807) is 24.3 Å². The van der Waals surface area contributed by atoms with Crippen LogP contribution in [0.1, 0.15) is 12.0 Å². The number of anilines is 2. The number of halogens is 1. The zero-order valence-corrected chi connectivity index (χ0v) is 16.3. The third-order valence-corrected chi connectivity index (χ3v) is 4.41. The lowest BCUT2D eigenvalue weighted by Gasteiger charge is -2.10. The summed E-state index contributed by atoms with van der Waals surface area (Å²) in [5.74, 6) is 0.702. The lowest BCUT2D eigenvalue weighted by molar-refractivity contribution is -0.114. The summed E-state index contributed by atoms with van der Waals surface area (Å²) < 4.78 is 5.78. The van der Waals surface area contributed by atoms with Crippen molar-refractivity contribution in [2.45, 2.75) is 12.8 Å². The Morgan fingerprint density at radius 2 is 1.54 bits per heavy atom. The predicted molar refractivity (Wildman–Crippen MR) is 115 cm³/mol. The maximum atomic E-state index is 12.0. The standard InChI is InChI=1S/C23H23ClN2O2/c24-19-8-10-21(11-9-19)26-23(27)17-25-20-12-14-22(15-13-20)28-16-4-7-18-5-2-1-3-6-18/h1-3,5-6,8-15,25H,4,7,16-17H2,(H,26,27). The summed E-state index contributed by atoms with van der Waals surface area (Å²) in [7, 11) is 0. The van der Waals surface area contributed by atoms with Crippen LogP contribution in [0, 0.1) is 0 Å². The summed E-state index contributed by atoms with van der Waals surface area (Å²) in [5.41, 5.74) is 2.90. The number of ether oxygens (including phenoxy) is 1. The molecule has 0 aliphatic carbocycles. The van der Waals surface area contributed by atoms with Crippen molar-refractivity contribution in [1.82, 2.24) is 0 Å². The average Bonchev–Trinajstić information content (AvgIpc) is 2.73. The zero-order chi connectivity index (χ0) is 19.6. The van der Waals surface area contributed by atoms with Crippen LogP contribution < -0.4 is 15.4 Å². The van der Waals surface area contributed by atoms with Crippen LogP contribution in [0.3, 0.4) is 0 Å². The minimum atomic E-state index is -0.122. The van der Waals surface area contributed by atoms with E-state index in [1.807, 2.05) is 30.3 Å². The summed E-state index contributed by atoms with van der Waals surface area (Å²) in [5, 5.41) is 6.55. The van der Waals surface area contributed by atoms with E-state index in [-0.39, 0.29) is 12.5 Å². The quantitative estimate of drug-likeness (QED) is 0.477. The van der Waals surface area contributed by atoms with Gasteiger partial charge in [-0.25, -0.2) is 0 Å². The number of nitrogens with one attached hydrogen (secondary N) is 2. The Kier molecular flexibility index (Phi) is 7.33. The van der Waals surface area contributed by atoms with Gasteiger partial charge in [-0.1, -0.05) is 41.9 Å². The van der Waals surface area contributed by atoms with E-state index in [2.05, 4.69) is 34.9 Å². The molecule has 0 heterocycles. The van der Waals surface area contributed by atoms with Gasteiger partial charge in [-0.3, -0.25) is 4.79 Å². The van der Waals surface area contributed by atoms with E-state index in [9.17, 15) is 4.79 Å². The highest BCUT2D eigenvalue weighted by atomic mass is 35.5. The average molecular weight is 395 g/mol. The summed E-state index contributed by atoms with van der Waals surface area (Å²) in [6, 6.07) is 25.0. The van der Waals surface area contributed by atoms with E-state index in [4.69, 9.17) is 16.3 Å². The van der Waals surface area contributed by atoms with E-state index >= 15 is 0 Å². The Morgan fingerprint density at radius 1 is 0.857 bits per heavy atom. The molecule has 3 aromatic carbocycles. The fraction of sp³-hybridized carbons (Fsp3) is 0.174. The molecule has 3 aromatic rings. The van der Waals surface area contributed by atoms with Gasteiger partial charge in [0.05, 0.1) is 13.2 Å². The van der Waals surface area contributed by atoms with Gasteiger partial charge in [0, 0.05) is 16.4 Å². The molecule has 0 atom stereocenters. The van der Waals surface area contributed by atoms with Crippen molar-refractivity contribution < 1.29 is 9.53 Å². The Bertz CT molecular complexity index is 865. The molecule has 0 aromatic heterocycles. The van der Waals surface area contributed by atoms with E-state index in [0.717, 1.165) is 30.0 Å². The molecule has 0 aliphatic rings. The third kappa shape index (κ3) is 6.63. The van der Waals surface area contributed by atoms with Gasteiger partial charge in [0.1, 0.15) is 5.75 Å². The second-order valence-corrected chi connectivity index (χ2v) is 6.81. The highest BCUT2D eigenvalue weighted by molar-refractivity contribution is 6.30. The molecule has 0 fully saturated rings. The molecule has 0 saturated heterocycles. The van der Waals surface area contributed by atoms with Gasteiger partial charge in [0.15, 0.2) is 0 Å². The first-order chi connectivity index (χ1) is 13.7. The second kappa shape index (κ2) is 10.4. The molecule has 5 heteroatoms. The third-order valence-electron chi connectivity index (χ3n) is 4.16. The lowest BCUT2D eigenvalue weighted by Crippen LogP contribution is -2.21. The Balaban J connectivity index is 1.36. The molecular formula is C23H23ClN2O2. The largest absolute Gasteiger partial charge is 0.494 e. The van der Waals surface area contributed by atoms with Gasteiger partial charge in [0.2, 0.25) is 5.91 Å². The monoisotopic (exact) mass is 394 g/mol. The maximum absolute atomic E-state index is 12.0. The smallest absolute Gasteiger partial charge is 0.243 e. The van der Waals surface area contributed by atoms with Crippen LogP contribution in [-0.2, 0) is 11.2 Å². The summed E-state index contributed by atoms with van der Waals surface area (Å²) in [6.07, 6.45) is 1.97. The molecule has 0 spiro atoms. The minimum Gasteiger partial charge on any atom is -0.494 e. The molecule has 0 aliphatic heterocycles. The number of aryl methyl sites for hydroxylation is 1. The van der Waals surface area contributed by atoms with Gasteiger partial charge in [0.25, 0.3) is 0 Å². The van der Waals surface area contributed by atoms with Crippen LogP contribution in [0.5, 0.6) is 5.75 Å². The van der Waals surface area contributed by atoms with Crippen molar-refractivity contribution in [3.05, 3.63) is 89.4 Å². The first-order valence-corrected chi connectivity index (χ1v) is 9.63. The van der Waals surface area contributed by atoms with Crippen molar-refractivity contribution >= 4 is 28.9 Å². The fourth-order valence-electron chi connectivity index (χ4n) is 2.70.